The summed E-state index contributed by atoms with van der Waals surface area (Å²) in [4.78, 5) is 0. The molecule has 3 unspecified atom stereocenters. The van der Waals surface area contributed by atoms with Gasteiger partial charge < -0.3 is 0 Å². The number of benzene rings is 1. The first kappa shape index (κ1) is 15.1. The molecule has 0 radical (unpaired) electrons. The number of hydrogen-bond acceptors (Lipinski definition) is 2. The zero-order chi connectivity index (χ0) is 14.8. The van der Waals surface area contributed by atoms with E-state index in [4.69, 9.17) is 0 Å². The van der Waals surface area contributed by atoms with E-state index >= 15 is 0 Å². The Balaban J connectivity index is 2.49. The van der Waals surface area contributed by atoms with Crippen LogP contribution < -0.4 is 5.48 Å². The molecule has 2 N–H and O–H groups in total. The van der Waals surface area contributed by atoms with Crippen LogP contribution in [0.3, 0.4) is 0 Å². The van der Waals surface area contributed by atoms with Crippen LogP contribution in [0.25, 0.3) is 0 Å². The van der Waals surface area contributed by atoms with E-state index in [9.17, 15) is 5.21 Å². The molecule has 0 aliphatic heterocycles. The van der Waals surface area contributed by atoms with Gasteiger partial charge in [-0.15, -0.1) is 6.58 Å². The summed E-state index contributed by atoms with van der Waals surface area (Å²) in [6, 6.07) is 6.24. The lowest BCUT2D eigenvalue weighted by atomic mass is 9.58. The largest absolute Gasteiger partial charge is 0.291 e. The van der Waals surface area contributed by atoms with Gasteiger partial charge in [-0.1, -0.05) is 32.9 Å². The number of fused-ring (bicyclic) bond motifs is 1. The molecular weight excluding hydrogens is 246 g/mol. The summed E-state index contributed by atoms with van der Waals surface area (Å²) in [6.07, 6.45) is 6.76. The molecule has 2 rings (SSSR count). The fraction of sp³-hybridized carbons (Fsp3) is 0.556. The highest BCUT2D eigenvalue weighted by molar-refractivity contribution is 5.51. The number of allylic oxidation sites excluding steroid dienone is 1. The molecule has 1 aliphatic carbocycles. The van der Waals surface area contributed by atoms with Crippen molar-refractivity contribution in [1.29, 1.82) is 0 Å². The Morgan fingerprint density at radius 3 is 2.80 bits per heavy atom. The average Bonchev–Trinajstić information content (AvgIpc) is 2.50. The van der Waals surface area contributed by atoms with E-state index in [1.54, 1.807) is 0 Å². The third-order valence-electron chi connectivity index (χ3n) is 5.42. The van der Waals surface area contributed by atoms with Gasteiger partial charge in [0, 0.05) is 0 Å². The van der Waals surface area contributed by atoms with Crippen LogP contribution in [0.15, 0.2) is 30.9 Å². The number of hydrogen-bond donors (Lipinski definition) is 2. The van der Waals surface area contributed by atoms with Crippen LogP contribution in [0.2, 0.25) is 0 Å². The van der Waals surface area contributed by atoms with Crippen molar-refractivity contribution in [3.8, 4) is 0 Å². The standard InChI is InChI=1S/C18H27NO/c1-5-13(6-2)16-11-9-14-8-10-15(19-20)12-17(14)18(16,4)7-3/h5,8,10,12-13,16,19-20H,1,6-7,9,11H2,2-4H3. The quantitative estimate of drug-likeness (QED) is 0.589. The first-order chi connectivity index (χ1) is 9.60. The third kappa shape index (κ3) is 2.37. The maximum Gasteiger partial charge on any atom is 0.0605 e. The molecular formula is C18H27NO. The molecule has 1 aliphatic rings. The van der Waals surface area contributed by atoms with Gasteiger partial charge in [-0.3, -0.25) is 10.7 Å². The highest BCUT2D eigenvalue weighted by Gasteiger charge is 2.41. The maximum absolute atomic E-state index is 9.18. The lowest BCUT2D eigenvalue weighted by Crippen LogP contribution is -2.40. The van der Waals surface area contributed by atoms with Crippen molar-refractivity contribution in [2.45, 2.75) is 51.9 Å². The second kappa shape index (κ2) is 6.01. The summed E-state index contributed by atoms with van der Waals surface area (Å²) in [6.45, 7) is 11.0. The first-order valence-corrected chi connectivity index (χ1v) is 7.76. The Kier molecular flexibility index (Phi) is 4.54. The molecule has 1 aromatic rings. The topological polar surface area (TPSA) is 32.3 Å². The van der Waals surface area contributed by atoms with Gasteiger partial charge in [0.05, 0.1) is 5.69 Å². The summed E-state index contributed by atoms with van der Waals surface area (Å²) in [7, 11) is 0. The summed E-state index contributed by atoms with van der Waals surface area (Å²) in [5, 5.41) is 9.18. The van der Waals surface area contributed by atoms with Crippen molar-refractivity contribution in [3.63, 3.8) is 0 Å². The lowest BCUT2D eigenvalue weighted by molar-refractivity contribution is 0.187. The van der Waals surface area contributed by atoms with Crippen LogP contribution in [-0.4, -0.2) is 5.21 Å². The molecule has 2 nitrogen and oxygen atoms in total. The van der Waals surface area contributed by atoms with Crippen LogP contribution in [0.5, 0.6) is 0 Å². The molecule has 0 aromatic heterocycles. The first-order valence-electron chi connectivity index (χ1n) is 7.76. The van der Waals surface area contributed by atoms with Crippen LogP contribution >= 0.6 is 0 Å². The van der Waals surface area contributed by atoms with Crippen molar-refractivity contribution in [2.75, 3.05) is 5.48 Å². The van der Waals surface area contributed by atoms with Crippen molar-refractivity contribution >= 4 is 5.69 Å². The Bertz CT molecular complexity index is 482. The summed E-state index contributed by atoms with van der Waals surface area (Å²) in [5.74, 6) is 1.20. The van der Waals surface area contributed by atoms with Gasteiger partial charge in [0.15, 0.2) is 0 Å². The Labute approximate surface area is 122 Å². The van der Waals surface area contributed by atoms with Crippen molar-refractivity contribution in [3.05, 3.63) is 42.0 Å². The minimum atomic E-state index is 0.162. The molecule has 20 heavy (non-hydrogen) atoms. The number of rotatable bonds is 5. The smallest absolute Gasteiger partial charge is 0.0605 e. The fourth-order valence-corrected chi connectivity index (χ4v) is 3.98. The second-order valence-corrected chi connectivity index (χ2v) is 6.21. The van der Waals surface area contributed by atoms with E-state index < -0.39 is 0 Å². The SMILES string of the molecule is C=CC(CC)C1CCc2ccc(NO)cc2C1(C)CC. The minimum Gasteiger partial charge on any atom is -0.291 e. The van der Waals surface area contributed by atoms with E-state index in [0.29, 0.717) is 11.8 Å². The molecule has 0 bridgehead atoms. The average molecular weight is 273 g/mol. The van der Waals surface area contributed by atoms with Crippen LogP contribution in [0.1, 0.15) is 51.2 Å². The van der Waals surface area contributed by atoms with E-state index in [1.165, 1.54) is 17.5 Å². The molecule has 0 saturated carbocycles. The number of nitrogens with one attached hydrogen (secondary N) is 1. The van der Waals surface area contributed by atoms with Gasteiger partial charge in [0.1, 0.15) is 0 Å². The predicted molar refractivity (Wildman–Crippen MR) is 85.3 cm³/mol. The molecule has 1 aromatic carbocycles. The highest BCUT2D eigenvalue weighted by Crippen LogP contribution is 2.48. The van der Waals surface area contributed by atoms with Gasteiger partial charge in [-0.2, -0.15) is 0 Å². The molecule has 110 valence electrons. The molecule has 0 saturated heterocycles. The van der Waals surface area contributed by atoms with Crippen LogP contribution in [0, 0.1) is 11.8 Å². The summed E-state index contributed by atoms with van der Waals surface area (Å²) >= 11 is 0. The van der Waals surface area contributed by atoms with Gasteiger partial charge in [-0.25, -0.2) is 0 Å². The van der Waals surface area contributed by atoms with E-state index in [-0.39, 0.29) is 5.41 Å². The molecule has 0 fully saturated rings. The van der Waals surface area contributed by atoms with Crippen LogP contribution in [-0.2, 0) is 11.8 Å². The number of aryl methyl sites for hydroxylation is 1. The molecule has 0 spiro atoms. The summed E-state index contributed by atoms with van der Waals surface area (Å²) < 4.78 is 0. The summed E-state index contributed by atoms with van der Waals surface area (Å²) in [5.41, 5.74) is 6.07. The van der Waals surface area contributed by atoms with Crippen molar-refractivity contribution in [2.24, 2.45) is 11.8 Å². The van der Waals surface area contributed by atoms with E-state index in [2.05, 4.69) is 51.0 Å². The van der Waals surface area contributed by atoms with E-state index in [1.807, 2.05) is 6.07 Å². The monoisotopic (exact) mass is 273 g/mol. The highest BCUT2D eigenvalue weighted by atomic mass is 16.5. The fourth-order valence-electron chi connectivity index (χ4n) is 3.98. The van der Waals surface area contributed by atoms with Crippen molar-refractivity contribution in [1.82, 2.24) is 0 Å². The molecule has 0 heterocycles. The minimum absolute atomic E-state index is 0.162. The zero-order valence-corrected chi connectivity index (χ0v) is 12.9. The third-order valence-corrected chi connectivity index (χ3v) is 5.42. The van der Waals surface area contributed by atoms with Gasteiger partial charge in [0.25, 0.3) is 0 Å². The lowest BCUT2D eigenvalue weighted by Gasteiger charge is -2.46. The molecule has 2 heteroatoms. The van der Waals surface area contributed by atoms with Crippen LogP contribution in [0.4, 0.5) is 5.69 Å². The Hall–Kier alpha value is -1.28. The van der Waals surface area contributed by atoms with E-state index in [0.717, 1.165) is 24.9 Å². The maximum atomic E-state index is 9.18. The number of anilines is 1. The van der Waals surface area contributed by atoms with Gasteiger partial charge in [-0.05, 0) is 66.2 Å². The Morgan fingerprint density at radius 2 is 2.25 bits per heavy atom. The predicted octanol–water partition coefficient (Wildman–Crippen LogP) is 4.93. The second-order valence-electron chi connectivity index (χ2n) is 6.21. The van der Waals surface area contributed by atoms with Crippen molar-refractivity contribution < 1.29 is 5.21 Å². The zero-order valence-electron chi connectivity index (χ0n) is 12.9. The molecule has 3 atom stereocenters. The Morgan fingerprint density at radius 1 is 1.50 bits per heavy atom. The molecule has 0 amide bonds. The normalized spacial score (nSPS) is 26.7. The van der Waals surface area contributed by atoms with Gasteiger partial charge in [0.2, 0.25) is 0 Å². The van der Waals surface area contributed by atoms with Gasteiger partial charge >= 0.3 is 0 Å².